The van der Waals surface area contributed by atoms with Gasteiger partial charge in [0.05, 0.1) is 12.1 Å². The van der Waals surface area contributed by atoms with Gasteiger partial charge in [-0.25, -0.2) is 0 Å². The largest absolute Gasteiger partial charge is 0.454 e. The van der Waals surface area contributed by atoms with Crippen molar-refractivity contribution in [3.05, 3.63) is 34.2 Å². The van der Waals surface area contributed by atoms with Crippen LogP contribution in [-0.2, 0) is 11.2 Å². The molecular formula is C14H17N5O3. The van der Waals surface area contributed by atoms with Gasteiger partial charge in [0.15, 0.2) is 11.5 Å². The molecule has 0 saturated carbocycles. The summed E-state index contributed by atoms with van der Waals surface area (Å²) in [6.45, 7) is 1.35. The third-order valence-electron chi connectivity index (χ3n) is 3.79. The van der Waals surface area contributed by atoms with Gasteiger partial charge in [0.1, 0.15) is 0 Å². The number of rotatable bonds is 5. The number of hydrogen-bond acceptors (Lipinski definition) is 5. The van der Waals surface area contributed by atoms with Crippen LogP contribution in [0.5, 0.6) is 11.5 Å². The molecule has 0 unspecified atom stereocenters. The Morgan fingerprint density at radius 1 is 1.45 bits per heavy atom. The Labute approximate surface area is 127 Å². The second-order valence-electron chi connectivity index (χ2n) is 5.28. The van der Waals surface area contributed by atoms with Crippen molar-refractivity contribution in [3.8, 4) is 11.5 Å². The van der Waals surface area contributed by atoms with E-state index in [1.54, 1.807) is 0 Å². The first kappa shape index (κ1) is 14.5. The third-order valence-corrected chi connectivity index (χ3v) is 3.79. The van der Waals surface area contributed by atoms with E-state index in [1.165, 1.54) is 0 Å². The van der Waals surface area contributed by atoms with Crippen LogP contribution in [0.4, 0.5) is 0 Å². The predicted molar refractivity (Wildman–Crippen MR) is 78.6 cm³/mol. The molecule has 1 aromatic rings. The molecule has 2 heterocycles. The molecule has 0 bridgehead atoms. The summed E-state index contributed by atoms with van der Waals surface area (Å²) in [5.74, 6) is 1.45. The minimum Gasteiger partial charge on any atom is -0.454 e. The van der Waals surface area contributed by atoms with Crippen LogP contribution < -0.4 is 20.1 Å². The van der Waals surface area contributed by atoms with E-state index in [1.807, 2.05) is 18.2 Å². The fourth-order valence-electron chi connectivity index (χ4n) is 2.63. The van der Waals surface area contributed by atoms with E-state index >= 15 is 0 Å². The summed E-state index contributed by atoms with van der Waals surface area (Å²) in [5.41, 5.74) is 9.48. The molecule has 1 amide bonds. The van der Waals surface area contributed by atoms with E-state index in [0.29, 0.717) is 19.5 Å². The third kappa shape index (κ3) is 3.24. The molecule has 0 aromatic heterocycles. The van der Waals surface area contributed by atoms with Gasteiger partial charge in [-0.3, -0.25) is 4.79 Å². The van der Waals surface area contributed by atoms with Gasteiger partial charge in [0.2, 0.25) is 12.7 Å². The van der Waals surface area contributed by atoms with Crippen LogP contribution in [0.2, 0.25) is 0 Å². The highest BCUT2D eigenvalue weighted by molar-refractivity contribution is 5.82. The summed E-state index contributed by atoms with van der Waals surface area (Å²) in [6.07, 6.45) is 1.26. The molecule has 22 heavy (non-hydrogen) atoms. The number of amides is 1. The molecule has 1 aromatic carbocycles. The molecule has 8 nitrogen and oxygen atoms in total. The zero-order valence-corrected chi connectivity index (χ0v) is 12.0. The molecular weight excluding hydrogens is 286 g/mol. The van der Waals surface area contributed by atoms with Crippen molar-refractivity contribution in [2.45, 2.75) is 24.9 Å². The van der Waals surface area contributed by atoms with Crippen molar-refractivity contribution >= 4 is 5.91 Å². The lowest BCUT2D eigenvalue weighted by atomic mass is 10.1. The van der Waals surface area contributed by atoms with Crippen molar-refractivity contribution in [2.75, 3.05) is 19.9 Å². The minimum atomic E-state index is -0.285. The molecule has 8 heteroatoms. The number of carbonyl (C=O) groups is 1. The van der Waals surface area contributed by atoms with Crippen molar-refractivity contribution < 1.29 is 14.3 Å². The van der Waals surface area contributed by atoms with Crippen LogP contribution in [-0.4, -0.2) is 37.9 Å². The molecule has 1 fully saturated rings. The monoisotopic (exact) mass is 303 g/mol. The maximum absolute atomic E-state index is 12.0. The molecule has 0 spiro atoms. The summed E-state index contributed by atoms with van der Waals surface area (Å²) >= 11 is 0. The molecule has 116 valence electrons. The molecule has 1 saturated heterocycles. The zero-order valence-electron chi connectivity index (χ0n) is 12.0. The van der Waals surface area contributed by atoms with Crippen molar-refractivity contribution in [2.24, 2.45) is 5.11 Å². The van der Waals surface area contributed by atoms with Crippen LogP contribution in [0.1, 0.15) is 12.0 Å². The molecule has 2 aliphatic heterocycles. The summed E-state index contributed by atoms with van der Waals surface area (Å²) in [4.78, 5) is 14.8. The van der Waals surface area contributed by atoms with Crippen LogP contribution >= 0.6 is 0 Å². The maximum atomic E-state index is 12.0. The van der Waals surface area contributed by atoms with Gasteiger partial charge in [-0.15, -0.1) is 0 Å². The maximum Gasteiger partial charge on any atom is 0.237 e. The van der Waals surface area contributed by atoms with Crippen LogP contribution in [0, 0.1) is 0 Å². The van der Waals surface area contributed by atoms with Gasteiger partial charge in [-0.2, -0.15) is 0 Å². The molecule has 2 aliphatic rings. The van der Waals surface area contributed by atoms with Gasteiger partial charge < -0.3 is 20.1 Å². The quantitative estimate of drug-likeness (QED) is 0.482. The second kappa shape index (κ2) is 6.55. The number of ether oxygens (including phenoxy) is 2. The van der Waals surface area contributed by atoms with Crippen molar-refractivity contribution in [1.29, 1.82) is 0 Å². The van der Waals surface area contributed by atoms with Gasteiger partial charge in [-0.1, -0.05) is 11.2 Å². The average Bonchev–Trinajstić information content (AvgIpc) is 3.16. The summed E-state index contributed by atoms with van der Waals surface area (Å²) in [5, 5.41) is 9.59. The van der Waals surface area contributed by atoms with Crippen molar-refractivity contribution in [3.63, 3.8) is 0 Å². The van der Waals surface area contributed by atoms with E-state index in [-0.39, 0.29) is 24.8 Å². The highest BCUT2D eigenvalue weighted by Crippen LogP contribution is 2.32. The molecule has 0 aliphatic carbocycles. The van der Waals surface area contributed by atoms with E-state index in [9.17, 15) is 4.79 Å². The Kier molecular flexibility index (Phi) is 4.32. The predicted octanol–water partition coefficient (Wildman–Crippen LogP) is 1.11. The Morgan fingerprint density at radius 3 is 3.18 bits per heavy atom. The van der Waals surface area contributed by atoms with Gasteiger partial charge in [-0.05, 0) is 36.1 Å². The Hall–Kier alpha value is -2.44. The lowest BCUT2D eigenvalue weighted by molar-refractivity contribution is -0.122. The lowest BCUT2D eigenvalue weighted by Gasteiger charge is -2.11. The van der Waals surface area contributed by atoms with E-state index in [0.717, 1.165) is 23.5 Å². The number of benzene rings is 1. The van der Waals surface area contributed by atoms with E-state index < -0.39 is 0 Å². The first-order valence-electron chi connectivity index (χ1n) is 7.20. The Balaban J connectivity index is 1.45. The lowest BCUT2D eigenvalue weighted by Crippen LogP contribution is -2.41. The fourth-order valence-corrected chi connectivity index (χ4v) is 2.63. The van der Waals surface area contributed by atoms with Gasteiger partial charge >= 0.3 is 0 Å². The van der Waals surface area contributed by atoms with Gasteiger partial charge in [0.25, 0.3) is 0 Å². The molecule has 2 atom stereocenters. The highest BCUT2D eigenvalue weighted by atomic mass is 16.7. The summed E-state index contributed by atoms with van der Waals surface area (Å²) < 4.78 is 10.6. The van der Waals surface area contributed by atoms with Crippen LogP contribution in [0.3, 0.4) is 0 Å². The molecule has 2 N–H and O–H groups in total. The van der Waals surface area contributed by atoms with Crippen LogP contribution in [0.15, 0.2) is 23.3 Å². The molecule has 3 rings (SSSR count). The summed E-state index contributed by atoms with van der Waals surface area (Å²) in [7, 11) is 0. The first-order valence-corrected chi connectivity index (χ1v) is 7.20. The summed E-state index contributed by atoms with van der Waals surface area (Å²) in [6, 6.07) is 5.34. The number of nitrogens with one attached hydrogen (secondary N) is 2. The number of carbonyl (C=O) groups excluding carboxylic acids is 1. The van der Waals surface area contributed by atoms with E-state index in [2.05, 4.69) is 20.7 Å². The average molecular weight is 303 g/mol. The van der Waals surface area contributed by atoms with Crippen LogP contribution in [0.25, 0.3) is 10.4 Å². The standard InChI is InChI=1S/C14H17N5O3/c15-19-18-10-6-11(17-7-10)14(20)16-4-3-9-1-2-12-13(5-9)22-8-21-12/h1-2,5,10-11,17H,3-4,6-8H2,(H,16,20)/t10-,11-/m0/s1. The number of azide groups is 1. The SMILES string of the molecule is [N-]=[N+]=N[C@@H]1CN[C@H](C(=O)NCCc2ccc3c(c2)OCO3)C1. The zero-order chi connectivity index (χ0) is 15.4. The Morgan fingerprint density at radius 2 is 2.32 bits per heavy atom. The minimum absolute atomic E-state index is 0.0589. The number of hydrogen-bond donors (Lipinski definition) is 2. The number of fused-ring (bicyclic) bond motifs is 1. The normalized spacial score (nSPS) is 22.2. The fraction of sp³-hybridized carbons (Fsp3) is 0.500. The second-order valence-corrected chi connectivity index (χ2v) is 5.28. The number of nitrogens with zero attached hydrogens (tertiary/aromatic N) is 3. The van der Waals surface area contributed by atoms with Crippen molar-refractivity contribution in [1.82, 2.24) is 10.6 Å². The highest BCUT2D eigenvalue weighted by Gasteiger charge is 2.28. The molecule has 0 radical (unpaired) electrons. The van der Waals surface area contributed by atoms with E-state index in [4.69, 9.17) is 15.0 Å². The topological polar surface area (TPSA) is 108 Å². The Bertz CT molecular complexity index is 614. The smallest absolute Gasteiger partial charge is 0.237 e. The van der Waals surface area contributed by atoms with Gasteiger partial charge in [0, 0.05) is 18.0 Å². The first-order chi connectivity index (χ1) is 10.8.